The first-order valence-electron chi connectivity index (χ1n) is 6.80. The van der Waals surface area contributed by atoms with Gasteiger partial charge in [-0.2, -0.15) is 0 Å². The van der Waals surface area contributed by atoms with Gasteiger partial charge in [-0.25, -0.2) is 0 Å². The number of halogens is 1. The van der Waals surface area contributed by atoms with Crippen molar-refractivity contribution in [1.29, 1.82) is 0 Å². The largest absolute Gasteiger partial charge is 0.465 e. The third-order valence-electron chi connectivity index (χ3n) is 3.63. The van der Waals surface area contributed by atoms with Gasteiger partial charge in [0.25, 0.3) is 0 Å². The molecule has 0 bridgehead atoms. The van der Waals surface area contributed by atoms with Crippen molar-refractivity contribution in [3.05, 3.63) is 0 Å². The monoisotopic (exact) mass is 292 g/mol. The Bertz CT molecular complexity index is 287. The minimum Gasteiger partial charge on any atom is -0.465 e. The van der Waals surface area contributed by atoms with E-state index in [1.54, 1.807) is 21.0 Å². The van der Waals surface area contributed by atoms with Gasteiger partial charge in [-0.1, -0.05) is 20.8 Å². The highest BCUT2D eigenvalue weighted by atomic mass is 35.5. The summed E-state index contributed by atoms with van der Waals surface area (Å²) in [6.07, 6.45) is 2.41. The maximum absolute atomic E-state index is 12.0. The first kappa shape index (κ1) is 18.4. The lowest BCUT2D eigenvalue weighted by molar-refractivity contribution is -0.159. The predicted molar refractivity (Wildman–Crippen MR) is 75.1 cm³/mol. The second-order valence-electron chi connectivity index (χ2n) is 4.87. The smallest absolute Gasteiger partial charge is 0.320 e. The summed E-state index contributed by atoms with van der Waals surface area (Å²) in [6, 6.07) is 0. The number of hydrogen-bond donors (Lipinski definition) is 0. The number of hydrogen-bond acceptors (Lipinski definition) is 4. The van der Waals surface area contributed by atoms with Crippen LogP contribution in [0, 0.1) is 11.3 Å². The molecule has 0 radical (unpaired) electrons. The number of carbonyl (C=O) groups excluding carboxylic acids is 2. The van der Waals surface area contributed by atoms with Crippen LogP contribution in [-0.4, -0.2) is 31.5 Å². The summed E-state index contributed by atoms with van der Waals surface area (Å²) in [7, 11) is 1.66. The first-order valence-corrected chi connectivity index (χ1v) is 7.18. The Kier molecular flexibility index (Phi) is 9.02. The van der Waals surface area contributed by atoms with E-state index >= 15 is 0 Å². The Morgan fingerprint density at radius 2 is 1.68 bits per heavy atom. The van der Waals surface area contributed by atoms with E-state index in [9.17, 15) is 9.59 Å². The van der Waals surface area contributed by atoms with E-state index in [4.69, 9.17) is 21.1 Å². The quantitative estimate of drug-likeness (QED) is 0.352. The topological polar surface area (TPSA) is 52.6 Å². The molecule has 0 aliphatic rings. The molecule has 0 fully saturated rings. The molecule has 0 amide bonds. The van der Waals surface area contributed by atoms with Crippen LogP contribution in [0.15, 0.2) is 0 Å². The van der Waals surface area contributed by atoms with E-state index in [0.717, 1.165) is 12.8 Å². The second-order valence-corrected chi connectivity index (χ2v) is 5.22. The first-order chi connectivity index (χ1) is 8.94. The van der Waals surface area contributed by atoms with E-state index in [2.05, 4.69) is 6.92 Å². The molecular weight excluding hydrogens is 268 g/mol. The van der Waals surface area contributed by atoms with E-state index in [1.807, 2.05) is 0 Å². The van der Waals surface area contributed by atoms with Crippen molar-refractivity contribution in [2.24, 2.45) is 11.3 Å². The van der Waals surface area contributed by atoms with Gasteiger partial charge in [0.1, 0.15) is 5.41 Å². The van der Waals surface area contributed by atoms with Crippen molar-refractivity contribution in [3.8, 4) is 0 Å². The van der Waals surface area contributed by atoms with Gasteiger partial charge in [-0.3, -0.25) is 9.59 Å². The van der Waals surface area contributed by atoms with Gasteiger partial charge in [0.15, 0.2) is 0 Å². The molecule has 1 unspecified atom stereocenters. The van der Waals surface area contributed by atoms with Crippen LogP contribution in [0.3, 0.4) is 0 Å². The van der Waals surface area contributed by atoms with Crippen molar-refractivity contribution in [2.45, 2.75) is 46.5 Å². The minimum absolute atomic E-state index is 0.315. The fraction of sp³-hybridized carbons (Fsp3) is 0.857. The van der Waals surface area contributed by atoms with Crippen LogP contribution in [0.5, 0.6) is 0 Å². The van der Waals surface area contributed by atoms with Crippen LogP contribution in [0.1, 0.15) is 46.5 Å². The zero-order valence-electron chi connectivity index (χ0n) is 12.3. The lowest BCUT2D eigenvalue weighted by Gasteiger charge is -2.25. The summed E-state index contributed by atoms with van der Waals surface area (Å²) in [5, 5.41) is -0.630. The Morgan fingerprint density at radius 3 is 2.11 bits per heavy atom. The van der Waals surface area contributed by atoms with Gasteiger partial charge in [-0.15, -0.1) is 0 Å². The molecule has 0 aliphatic heterocycles. The summed E-state index contributed by atoms with van der Waals surface area (Å²) < 4.78 is 10.2. The summed E-state index contributed by atoms with van der Waals surface area (Å²) >= 11 is 5.55. The summed E-state index contributed by atoms with van der Waals surface area (Å²) in [5.74, 6) is -0.0893. The standard InChI is InChI=1S/C14H25ClO4/c1-5-14(6-2,12(15)16)13(17)19-10-8-11(3)7-9-18-4/h11H,5-10H2,1-4H3. The van der Waals surface area contributed by atoms with Gasteiger partial charge in [0, 0.05) is 13.7 Å². The molecule has 0 saturated carbocycles. The lowest BCUT2D eigenvalue weighted by atomic mass is 9.84. The van der Waals surface area contributed by atoms with Gasteiger partial charge < -0.3 is 9.47 Å². The maximum Gasteiger partial charge on any atom is 0.320 e. The van der Waals surface area contributed by atoms with E-state index in [1.165, 1.54) is 0 Å². The van der Waals surface area contributed by atoms with E-state index < -0.39 is 16.6 Å². The number of methoxy groups -OCH3 is 1. The molecule has 0 rings (SSSR count). The van der Waals surface area contributed by atoms with Crippen LogP contribution < -0.4 is 0 Å². The number of carbonyl (C=O) groups is 2. The second kappa shape index (κ2) is 9.32. The van der Waals surface area contributed by atoms with Crippen molar-refractivity contribution in [1.82, 2.24) is 0 Å². The van der Waals surface area contributed by atoms with Crippen LogP contribution in [-0.2, 0) is 19.1 Å². The summed E-state index contributed by atoms with van der Waals surface area (Å²) in [6.45, 7) is 6.63. The summed E-state index contributed by atoms with van der Waals surface area (Å²) in [4.78, 5) is 23.5. The molecule has 0 aromatic heterocycles. The fourth-order valence-electron chi connectivity index (χ4n) is 1.85. The molecule has 0 N–H and O–H groups in total. The zero-order chi connectivity index (χ0) is 14.9. The highest BCUT2D eigenvalue weighted by Crippen LogP contribution is 2.31. The molecule has 0 spiro atoms. The van der Waals surface area contributed by atoms with E-state index in [0.29, 0.717) is 32.0 Å². The van der Waals surface area contributed by atoms with Gasteiger partial charge in [-0.05, 0) is 43.2 Å². The highest BCUT2D eigenvalue weighted by molar-refractivity contribution is 6.66. The lowest BCUT2D eigenvalue weighted by Crippen LogP contribution is -2.37. The Morgan fingerprint density at radius 1 is 1.16 bits per heavy atom. The van der Waals surface area contributed by atoms with Gasteiger partial charge in [0.2, 0.25) is 5.24 Å². The normalized spacial score (nSPS) is 13.1. The van der Waals surface area contributed by atoms with Crippen molar-refractivity contribution >= 4 is 22.8 Å². The van der Waals surface area contributed by atoms with Crippen molar-refractivity contribution in [3.63, 3.8) is 0 Å². The number of esters is 1. The molecule has 0 aromatic carbocycles. The van der Waals surface area contributed by atoms with Crippen LogP contribution in [0.25, 0.3) is 0 Å². The van der Waals surface area contributed by atoms with E-state index in [-0.39, 0.29) is 0 Å². The summed E-state index contributed by atoms with van der Waals surface area (Å²) in [5.41, 5.74) is -1.18. The average Bonchev–Trinajstić information content (AvgIpc) is 2.38. The molecule has 112 valence electrons. The molecule has 0 heterocycles. The maximum atomic E-state index is 12.0. The minimum atomic E-state index is -1.18. The number of rotatable bonds is 10. The molecule has 4 nitrogen and oxygen atoms in total. The Hall–Kier alpha value is -0.610. The zero-order valence-corrected chi connectivity index (χ0v) is 13.1. The Balaban J connectivity index is 4.25. The SMILES string of the molecule is CCC(CC)(C(=O)Cl)C(=O)OCCC(C)CCOC. The molecule has 19 heavy (non-hydrogen) atoms. The fourth-order valence-corrected chi connectivity index (χ4v) is 2.20. The van der Waals surface area contributed by atoms with Crippen LogP contribution in [0.4, 0.5) is 0 Å². The molecule has 0 aromatic rings. The van der Waals surface area contributed by atoms with Crippen molar-refractivity contribution < 1.29 is 19.1 Å². The van der Waals surface area contributed by atoms with Crippen molar-refractivity contribution in [2.75, 3.05) is 20.3 Å². The molecular formula is C14H25ClO4. The number of ether oxygens (including phenoxy) is 2. The molecule has 0 aliphatic carbocycles. The van der Waals surface area contributed by atoms with Crippen LogP contribution in [0.2, 0.25) is 0 Å². The highest BCUT2D eigenvalue weighted by Gasteiger charge is 2.43. The molecule has 0 saturated heterocycles. The third kappa shape index (κ3) is 5.49. The molecule has 5 heteroatoms. The van der Waals surface area contributed by atoms with Crippen LogP contribution >= 0.6 is 11.6 Å². The predicted octanol–water partition coefficient (Wildman–Crippen LogP) is 3.16. The average molecular weight is 293 g/mol. The Labute approximate surface area is 120 Å². The van der Waals surface area contributed by atoms with Gasteiger partial charge in [0.05, 0.1) is 6.61 Å². The molecule has 1 atom stereocenters. The third-order valence-corrected chi connectivity index (χ3v) is 3.99. The van der Waals surface area contributed by atoms with Gasteiger partial charge >= 0.3 is 5.97 Å².